The van der Waals surface area contributed by atoms with Crippen molar-refractivity contribution in [3.8, 4) is 0 Å². The van der Waals surface area contributed by atoms with E-state index < -0.39 is 29.6 Å². The monoisotopic (exact) mass is 261 g/mol. The first-order valence-corrected chi connectivity index (χ1v) is 5.48. The zero-order chi connectivity index (χ0) is 12.6. The Kier molecular flexibility index (Phi) is 3.31. The number of aliphatic carboxylic acids is 1. The summed E-state index contributed by atoms with van der Waals surface area (Å²) in [5.41, 5.74) is -0.131. The van der Waals surface area contributed by atoms with Crippen molar-refractivity contribution in [2.45, 2.75) is 18.4 Å². The Morgan fingerprint density at radius 2 is 2.18 bits per heavy atom. The molecule has 0 saturated carbocycles. The number of hydrogen-bond acceptors (Lipinski definition) is 2. The van der Waals surface area contributed by atoms with Crippen molar-refractivity contribution in [1.29, 1.82) is 0 Å². The molecule has 2 atom stereocenters. The normalized spacial score (nSPS) is 23.9. The van der Waals surface area contributed by atoms with E-state index in [4.69, 9.17) is 16.7 Å². The number of carboxylic acid groups (broad SMARTS) is 1. The summed E-state index contributed by atoms with van der Waals surface area (Å²) in [5, 5.41) is 11.3. The van der Waals surface area contributed by atoms with Crippen LogP contribution in [0.1, 0.15) is 17.9 Å². The van der Waals surface area contributed by atoms with Gasteiger partial charge in [-0.15, -0.1) is 0 Å². The lowest BCUT2D eigenvalue weighted by Gasteiger charge is -2.12. The van der Waals surface area contributed by atoms with Crippen LogP contribution in [0.15, 0.2) is 12.1 Å². The molecule has 2 unspecified atom stereocenters. The lowest BCUT2D eigenvalue weighted by Crippen LogP contribution is -2.29. The van der Waals surface area contributed by atoms with Crippen molar-refractivity contribution in [3.63, 3.8) is 0 Å². The maximum Gasteiger partial charge on any atom is 0.320 e. The smallest absolute Gasteiger partial charge is 0.320 e. The van der Waals surface area contributed by atoms with Gasteiger partial charge >= 0.3 is 5.97 Å². The number of carboxylic acids is 1. The van der Waals surface area contributed by atoms with E-state index in [-0.39, 0.29) is 23.6 Å². The topological polar surface area (TPSA) is 49.3 Å². The molecule has 92 valence electrons. The van der Waals surface area contributed by atoms with Gasteiger partial charge in [0.1, 0.15) is 17.7 Å². The van der Waals surface area contributed by atoms with Crippen molar-refractivity contribution < 1.29 is 18.7 Å². The molecule has 17 heavy (non-hydrogen) atoms. The molecule has 2 rings (SSSR count). The summed E-state index contributed by atoms with van der Waals surface area (Å²) in [5.74, 6) is -3.01. The minimum atomic E-state index is -1.02. The molecule has 0 aliphatic carbocycles. The fourth-order valence-electron chi connectivity index (χ4n) is 2.06. The van der Waals surface area contributed by atoms with Crippen molar-refractivity contribution >= 4 is 17.6 Å². The number of halogens is 3. The van der Waals surface area contributed by atoms with E-state index in [1.807, 2.05) is 0 Å². The van der Waals surface area contributed by atoms with Crippen molar-refractivity contribution in [3.05, 3.63) is 34.4 Å². The Labute approximate surface area is 101 Å². The summed E-state index contributed by atoms with van der Waals surface area (Å²) in [4.78, 5) is 10.7. The highest BCUT2D eigenvalue weighted by Crippen LogP contribution is 2.32. The molecule has 0 amide bonds. The molecule has 0 bridgehead atoms. The summed E-state index contributed by atoms with van der Waals surface area (Å²) in [6, 6.07) is 1.47. The molecule has 1 fully saturated rings. The van der Waals surface area contributed by atoms with E-state index in [9.17, 15) is 13.6 Å². The third-order valence-corrected chi connectivity index (χ3v) is 3.21. The molecule has 1 aromatic carbocycles. The molecule has 1 aliphatic rings. The van der Waals surface area contributed by atoms with Gasteiger partial charge in [0, 0.05) is 18.0 Å². The second-order valence-corrected chi connectivity index (χ2v) is 4.40. The SMILES string of the molecule is O=C(O)C1CC(c2c(F)ccc(Cl)c2F)CN1. The molecule has 2 N–H and O–H groups in total. The van der Waals surface area contributed by atoms with Crippen LogP contribution in [-0.2, 0) is 4.79 Å². The molecule has 1 saturated heterocycles. The van der Waals surface area contributed by atoms with Gasteiger partial charge in [-0.25, -0.2) is 8.78 Å². The van der Waals surface area contributed by atoms with Crippen LogP contribution in [-0.4, -0.2) is 23.7 Å². The predicted molar refractivity (Wildman–Crippen MR) is 58.2 cm³/mol. The van der Waals surface area contributed by atoms with Gasteiger partial charge < -0.3 is 10.4 Å². The molecule has 1 aliphatic heterocycles. The quantitative estimate of drug-likeness (QED) is 0.802. The number of nitrogens with one attached hydrogen (secondary N) is 1. The standard InChI is InChI=1S/C11H10ClF2NO2/c12-6-1-2-7(13)9(10(6)14)5-3-8(11(16)17)15-4-5/h1-2,5,8,15H,3-4H2,(H,16,17). The predicted octanol–water partition coefficient (Wildman–Crippen LogP) is 2.15. The van der Waals surface area contributed by atoms with Gasteiger partial charge in [-0.2, -0.15) is 0 Å². The molecular formula is C11H10ClF2NO2. The number of benzene rings is 1. The van der Waals surface area contributed by atoms with Crippen LogP contribution >= 0.6 is 11.6 Å². The lowest BCUT2D eigenvalue weighted by atomic mass is 9.95. The number of rotatable bonds is 2. The molecule has 1 aromatic rings. The molecule has 0 aromatic heterocycles. The first-order chi connectivity index (χ1) is 8.00. The minimum absolute atomic E-state index is 0.131. The van der Waals surface area contributed by atoms with Crippen LogP contribution in [0.5, 0.6) is 0 Å². The summed E-state index contributed by atoms with van der Waals surface area (Å²) >= 11 is 5.58. The van der Waals surface area contributed by atoms with E-state index in [2.05, 4.69) is 5.32 Å². The van der Waals surface area contributed by atoms with Crippen LogP contribution in [0, 0.1) is 11.6 Å². The van der Waals surface area contributed by atoms with E-state index in [0.29, 0.717) is 0 Å². The zero-order valence-electron chi connectivity index (χ0n) is 8.71. The highest BCUT2D eigenvalue weighted by molar-refractivity contribution is 6.30. The third-order valence-electron chi connectivity index (χ3n) is 2.92. The van der Waals surface area contributed by atoms with Crippen LogP contribution in [0.2, 0.25) is 5.02 Å². The third kappa shape index (κ3) is 2.25. The highest BCUT2D eigenvalue weighted by atomic mass is 35.5. The molecular weight excluding hydrogens is 252 g/mol. The van der Waals surface area contributed by atoms with E-state index in [1.165, 1.54) is 0 Å². The lowest BCUT2D eigenvalue weighted by molar-refractivity contribution is -0.139. The summed E-state index contributed by atoms with van der Waals surface area (Å²) in [6.07, 6.45) is 0.156. The number of carbonyl (C=O) groups is 1. The van der Waals surface area contributed by atoms with Gasteiger partial charge in [-0.1, -0.05) is 11.6 Å². The molecule has 3 nitrogen and oxygen atoms in total. The Hall–Kier alpha value is -1.20. The van der Waals surface area contributed by atoms with E-state index in [1.54, 1.807) is 0 Å². The van der Waals surface area contributed by atoms with Gasteiger partial charge in [-0.3, -0.25) is 4.79 Å². The largest absolute Gasteiger partial charge is 0.480 e. The van der Waals surface area contributed by atoms with E-state index in [0.717, 1.165) is 12.1 Å². The number of hydrogen-bond donors (Lipinski definition) is 2. The van der Waals surface area contributed by atoms with Crippen molar-refractivity contribution in [2.24, 2.45) is 0 Å². The minimum Gasteiger partial charge on any atom is -0.480 e. The highest BCUT2D eigenvalue weighted by Gasteiger charge is 2.33. The van der Waals surface area contributed by atoms with E-state index >= 15 is 0 Å². The van der Waals surface area contributed by atoms with Crippen LogP contribution in [0.25, 0.3) is 0 Å². The van der Waals surface area contributed by atoms with Gasteiger partial charge in [0.05, 0.1) is 5.02 Å². The molecule has 6 heteroatoms. The van der Waals surface area contributed by atoms with Gasteiger partial charge in [0.2, 0.25) is 0 Å². The Bertz CT molecular complexity index is 467. The zero-order valence-corrected chi connectivity index (χ0v) is 9.47. The summed E-state index contributed by atoms with van der Waals surface area (Å²) in [7, 11) is 0. The van der Waals surface area contributed by atoms with Gasteiger partial charge in [0.25, 0.3) is 0 Å². The maximum absolute atomic E-state index is 13.7. The average molecular weight is 262 g/mol. The second-order valence-electron chi connectivity index (χ2n) is 3.99. The summed E-state index contributed by atoms with van der Waals surface area (Å²) in [6.45, 7) is 0.227. The van der Waals surface area contributed by atoms with Crippen molar-refractivity contribution in [2.75, 3.05) is 6.54 Å². The fraction of sp³-hybridized carbons (Fsp3) is 0.364. The van der Waals surface area contributed by atoms with Gasteiger partial charge in [-0.05, 0) is 18.6 Å². The average Bonchev–Trinajstić information content (AvgIpc) is 2.73. The first-order valence-electron chi connectivity index (χ1n) is 5.10. The molecule has 1 heterocycles. The fourth-order valence-corrected chi connectivity index (χ4v) is 2.23. The molecule has 0 spiro atoms. The Morgan fingerprint density at radius 1 is 1.47 bits per heavy atom. The first kappa shape index (κ1) is 12.3. The van der Waals surface area contributed by atoms with Crippen molar-refractivity contribution in [1.82, 2.24) is 5.32 Å². The Morgan fingerprint density at radius 3 is 2.76 bits per heavy atom. The van der Waals surface area contributed by atoms with Crippen LogP contribution in [0.4, 0.5) is 8.78 Å². The van der Waals surface area contributed by atoms with Gasteiger partial charge in [0.15, 0.2) is 0 Å². The Balaban J connectivity index is 2.30. The molecule has 0 radical (unpaired) electrons. The van der Waals surface area contributed by atoms with Crippen LogP contribution < -0.4 is 5.32 Å². The second kappa shape index (κ2) is 4.58. The summed E-state index contributed by atoms with van der Waals surface area (Å²) < 4.78 is 27.2. The maximum atomic E-state index is 13.7. The van der Waals surface area contributed by atoms with Crippen LogP contribution in [0.3, 0.4) is 0 Å².